The predicted octanol–water partition coefficient (Wildman–Crippen LogP) is 14.5. The molecule has 2 heterocycles. The van der Waals surface area contributed by atoms with Gasteiger partial charge in [0.25, 0.3) is 0 Å². The minimum Gasteiger partial charge on any atom is -0.208 e. The minimum atomic E-state index is 0.652. The van der Waals surface area contributed by atoms with Gasteiger partial charge in [-0.15, -0.1) is 11.3 Å². The molecule has 57 heavy (non-hydrogen) atoms. The van der Waals surface area contributed by atoms with E-state index in [1.54, 1.807) is 0 Å². The second kappa shape index (κ2) is 13.8. The van der Waals surface area contributed by atoms with E-state index in [1.165, 1.54) is 65.0 Å². The maximum Gasteiger partial charge on any atom is 0.165 e. The molecule has 0 atom stereocenters. The fourth-order valence-corrected chi connectivity index (χ4v) is 9.45. The van der Waals surface area contributed by atoms with E-state index in [-0.39, 0.29) is 0 Å². The second-order valence-corrected chi connectivity index (χ2v) is 15.4. The van der Waals surface area contributed by atoms with E-state index >= 15 is 0 Å². The Bertz CT molecular complexity index is 3220. The lowest BCUT2D eigenvalue weighted by Crippen LogP contribution is -2.00. The van der Waals surface area contributed by atoms with Gasteiger partial charge in [-0.1, -0.05) is 164 Å². The first-order valence-electron chi connectivity index (χ1n) is 19.2. The summed E-state index contributed by atoms with van der Waals surface area (Å²) in [5.74, 6) is 1.96. The highest BCUT2D eigenvalue weighted by atomic mass is 32.1. The van der Waals surface area contributed by atoms with Gasteiger partial charge in [0, 0.05) is 42.4 Å². The van der Waals surface area contributed by atoms with E-state index in [9.17, 15) is 0 Å². The van der Waals surface area contributed by atoms with Gasteiger partial charge in [0.05, 0.1) is 0 Å². The van der Waals surface area contributed by atoms with Gasteiger partial charge in [0.15, 0.2) is 17.5 Å². The smallest absolute Gasteiger partial charge is 0.165 e. The Balaban J connectivity index is 1.17. The van der Waals surface area contributed by atoms with Crippen LogP contribution in [-0.2, 0) is 0 Å². The average Bonchev–Trinajstić information content (AvgIpc) is 3.69. The number of nitrogens with zero attached hydrogens (tertiary/aromatic N) is 3. The predicted molar refractivity (Wildman–Crippen MR) is 240 cm³/mol. The van der Waals surface area contributed by atoms with E-state index in [1.807, 2.05) is 29.5 Å². The van der Waals surface area contributed by atoms with Crippen molar-refractivity contribution < 1.29 is 0 Å². The fourth-order valence-electron chi connectivity index (χ4n) is 8.09. The van der Waals surface area contributed by atoms with Crippen molar-refractivity contribution in [1.29, 1.82) is 0 Å². The Morgan fingerprint density at radius 1 is 0.281 bits per heavy atom. The lowest BCUT2D eigenvalue weighted by atomic mass is 9.91. The van der Waals surface area contributed by atoms with Gasteiger partial charge < -0.3 is 0 Å². The van der Waals surface area contributed by atoms with Gasteiger partial charge in [-0.05, 0) is 85.8 Å². The van der Waals surface area contributed by atoms with Gasteiger partial charge in [-0.25, -0.2) is 15.0 Å². The summed E-state index contributed by atoms with van der Waals surface area (Å²) in [6, 6.07) is 71.2. The van der Waals surface area contributed by atoms with E-state index < -0.39 is 0 Å². The highest BCUT2D eigenvalue weighted by Gasteiger charge is 2.21. The molecule has 9 aromatic carbocycles. The normalized spacial score (nSPS) is 11.5. The molecule has 0 bridgehead atoms. The van der Waals surface area contributed by atoms with Crippen molar-refractivity contribution in [2.75, 3.05) is 0 Å². The van der Waals surface area contributed by atoms with Crippen LogP contribution < -0.4 is 0 Å². The monoisotopic (exact) mass is 743 g/mol. The standard InChI is InChI=1S/C53H33N3S/c1-4-15-34(16-5-1)41-30-42(35-17-6-2-7-18-35)32-43(31-41)47-33-39-23-12-13-24-44(39)48-45-25-14-26-46(49(45)57-50(47)48)53-55-51(37-20-8-3-9-21-37)54-52(56-53)40-28-27-36-19-10-11-22-38(36)29-40/h1-33H. The van der Waals surface area contributed by atoms with Gasteiger partial charge >= 0.3 is 0 Å². The summed E-state index contributed by atoms with van der Waals surface area (Å²) in [5, 5.41) is 7.23. The van der Waals surface area contributed by atoms with E-state index in [0.717, 1.165) is 26.8 Å². The fraction of sp³-hybridized carbons (Fsp3) is 0. The second-order valence-electron chi connectivity index (χ2n) is 14.4. The van der Waals surface area contributed by atoms with Crippen molar-refractivity contribution in [3.8, 4) is 67.5 Å². The molecule has 0 unspecified atom stereocenters. The average molecular weight is 744 g/mol. The van der Waals surface area contributed by atoms with Crippen molar-refractivity contribution >= 4 is 53.1 Å². The molecule has 11 aromatic rings. The summed E-state index contributed by atoms with van der Waals surface area (Å²) < 4.78 is 2.40. The molecule has 0 aliphatic rings. The van der Waals surface area contributed by atoms with Crippen LogP contribution in [-0.4, -0.2) is 15.0 Å². The molecule has 2 aromatic heterocycles. The zero-order chi connectivity index (χ0) is 37.7. The Labute approximate surface area is 334 Å². The van der Waals surface area contributed by atoms with Gasteiger partial charge in [-0.2, -0.15) is 0 Å². The summed E-state index contributed by atoms with van der Waals surface area (Å²) in [5.41, 5.74) is 10.1. The van der Waals surface area contributed by atoms with Gasteiger partial charge in [0.2, 0.25) is 0 Å². The van der Waals surface area contributed by atoms with Crippen LogP contribution in [0.3, 0.4) is 0 Å². The number of thiophene rings is 1. The maximum atomic E-state index is 5.24. The molecule has 0 saturated carbocycles. The minimum absolute atomic E-state index is 0.652. The Kier molecular flexibility index (Phi) is 8.01. The molecule has 0 saturated heterocycles. The van der Waals surface area contributed by atoms with Crippen LogP contribution in [0.5, 0.6) is 0 Å². The number of aromatic nitrogens is 3. The highest BCUT2D eigenvalue weighted by Crippen LogP contribution is 2.48. The molecule has 266 valence electrons. The van der Waals surface area contributed by atoms with E-state index in [0.29, 0.717) is 17.5 Å². The molecule has 4 heteroatoms. The number of benzene rings is 9. The summed E-state index contributed by atoms with van der Waals surface area (Å²) in [6.45, 7) is 0. The number of rotatable bonds is 6. The van der Waals surface area contributed by atoms with Crippen molar-refractivity contribution in [3.63, 3.8) is 0 Å². The van der Waals surface area contributed by atoms with Crippen molar-refractivity contribution in [2.24, 2.45) is 0 Å². The van der Waals surface area contributed by atoms with Crippen LogP contribution in [0.2, 0.25) is 0 Å². The van der Waals surface area contributed by atoms with E-state index in [2.05, 4.69) is 182 Å². The topological polar surface area (TPSA) is 38.7 Å². The van der Waals surface area contributed by atoms with Crippen LogP contribution >= 0.6 is 11.3 Å². The molecular formula is C53H33N3S. The third-order valence-corrected chi connectivity index (χ3v) is 12.1. The Hall–Kier alpha value is -7.27. The van der Waals surface area contributed by atoms with Crippen LogP contribution in [0, 0.1) is 0 Å². The number of hydrogen-bond donors (Lipinski definition) is 0. The lowest BCUT2D eigenvalue weighted by molar-refractivity contribution is 1.08. The molecule has 0 aliphatic heterocycles. The molecule has 11 rings (SSSR count). The Morgan fingerprint density at radius 2 is 0.825 bits per heavy atom. The Morgan fingerprint density at radius 3 is 1.53 bits per heavy atom. The number of fused-ring (bicyclic) bond motifs is 6. The van der Waals surface area contributed by atoms with Crippen LogP contribution in [0.1, 0.15) is 0 Å². The SMILES string of the molecule is c1ccc(-c2cc(-c3ccccc3)cc(-c3cc4ccccc4c4c3sc3c(-c5nc(-c6ccccc6)nc(-c6ccc7ccccc7c6)n5)cccc34)c2)cc1. The van der Waals surface area contributed by atoms with Gasteiger partial charge in [-0.3, -0.25) is 0 Å². The molecular weight excluding hydrogens is 711 g/mol. The zero-order valence-electron chi connectivity index (χ0n) is 30.8. The maximum absolute atomic E-state index is 5.24. The number of hydrogen-bond acceptors (Lipinski definition) is 4. The first kappa shape index (κ1) is 33.1. The third-order valence-electron chi connectivity index (χ3n) is 10.9. The summed E-state index contributed by atoms with van der Waals surface area (Å²) >= 11 is 1.83. The van der Waals surface area contributed by atoms with Crippen molar-refractivity contribution in [1.82, 2.24) is 15.0 Å². The molecule has 0 aliphatic carbocycles. The lowest BCUT2D eigenvalue weighted by Gasteiger charge is -2.13. The molecule has 3 nitrogen and oxygen atoms in total. The van der Waals surface area contributed by atoms with Crippen molar-refractivity contribution in [3.05, 3.63) is 200 Å². The van der Waals surface area contributed by atoms with Crippen LogP contribution in [0.25, 0.3) is 109 Å². The first-order chi connectivity index (χ1) is 28.2. The summed E-state index contributed by atoms with van der Waals surface area (Å²) in [6.07, 6.45) is 0. The van der Waals surface area contributed by atoms with E-state index in [4.69, 9.17) is 15.0 Å². The quantitative estimate of drug-likeness (QED) is 0.170. The molecule has 0 N–H and O–H groups in total. The van der Waals surface area contributed by atoms with Gasteiger partial charge in [0.1, 0.15) is 0 Å². The van der Waals surface area contributed by atoms with Crippen molar-refractivity contribution in [2.45, 2.75) is 0 Å². The van der Waals surface area contributed by atoms with Crippen LogP contribution in [0.15, 0.2) is 200 Å². The van der Waals surface area contributed by atoms with Crippen LogP contribution in [0.4, 0.5) is 0 Å². The summed E-state index contributed by atoms with van der Waals surface area (Å²) in [4.78, 5) is 15.5. The molecule has 0 amide bonds. The molecule has 0 radical (unpaired) electrons. The first-order valence-corrected chi connectivity index (χ1v) is 20.0. The summed E-state index contributed by atoms with van der Waals surface area (Å²) in [7, 11) is 0. The zero-order valence-corrected chi connectivity index (χ0v) is 31.6. The highest BCUT2D eigenvalue weighted by molar-refractivity contribution is 7.27. The third kappa shape index (κ3) is 5.95. The molecule has 0 fully saturated rings. The molecule has 0 spiro atoms. The largest absolute Gasteiger partial charge is 0.208 e.